The predicted molar refractivity (Wildman–Crippen MR) is 39.9 cm³/mol. The van der Waals surface area contributed by atoms with Crippen LogP contribution in [0.25, 0.3) is 0 Å². The molecule has 2 atom stereocenters. The first-order valence-electron chi connectivity index (χ1n) is 3.74. The molecule has 1 fully saturated rings. The summed E-state index contributed by atoms with van der Waals surface area (Å²) in [5, 5.41) is 6.50. The molecular weight excluding hydrogens is 128 g/mol. The van der Waals surface area contributed by atoms with Crippen molar-refractivity contribution >= 4 is 6.29 Å². The molecule has 1 aliphatic rings. The summed E-state index contributed by atoms with van der Waals surface area (Å²) >= 11 is 0. The molecule has 0 amide bonds. The van der Waals surface area contributed by atoms with Crippen LogP contribution in [0.5, 0.6) is 0 Å². The molecule has 2 N–H and O–H groups in total. The molecule has 10 heavy (non-hydrogen) atoms. The molecule has 0 saturated carbocycles. The Morgan fingerprint density at radius 3 is 2.90 bits per heavy atom. The second-order valence-corrected chi connectivity index (χ2v) is 2.76. The highest BCUT2D eigenvalue weighted by Crippen LogP contribution is 1.99. The highest BCUT2D eigenvalue weighted by molar-refractivity contribution is 5.54. The molecule has 3 nitrogen and oxygen atoms in total. The summed E-state index contributed by atoms with van der Waals surface area (Å²) in [7, 11) is 0. The van der Waals surface area contributed by atoms with Gasteiger partial charge in [-0.2, -0.15) is 0 Å². The number of hydrogen-bond acceptors (Lipinski definition) is 3. The van der Waals surface area contributed by atoms with Crippen LogP contribution in [0, 0.1) is 5.92 Å². The van der Waals surface area contributed by atoms with E-state index in [9.17, 15) is 4.79 Å². The molecule has 0 aromatic heterocycles. The minimum Gasteiger partial charge on any atom is -0.314 e. The zero-order valence-corrected chi connectivity index (χ0v) is 6.26. The average molecular weight is 142 g/mol. The Morgan fingerprint density at radius 1 is 1.60 bits per heavy atom. The van der Waals surface area contributed by atoms with Crippen LogP contribution in [-0.2, 0) is 4.79 Å². The van der Waals surface area contributed by atoms with E-state index < -0.39 is 0 Å². The lowest BCUT2D eigenvalue weighted by Gasteiger charge is -2.26. The summed E-state index contributed by atoms with van der Waals surface area (Å²) in [5.74, 6) is 0.132. The van der Waals surface area contributed by atoms with Crippen LogP contribution in [-0.4, -0.2) is 32.0 Å². The fourth-order valence-electron chi connectivity index (χ4n) is 1.14. The summed E-state index contributed by atoms with van der Waals surface area (Å²) < 4.78 is 0. The van der Waals surface area contributed by atoms with Crippen molar-refractivity contribution in [3.63, 3.8) is 0 Å². The molecule has 0 aromatic rings. The van der Waals surface area contributed by atoms with E-state index in [-0.39, 0.29) is 5.92 Å². The Morgan fingerprint density at radius 2 is 2.40 bits per heavy atom. The Labute approximate surface area is 61.2 Å². The van der Waals surface area contributed by atoms with E-state index in [1.165, 1.54) is 0 Å². The summed E-state index contributed by atoms with van der Waals surface area (Å²) in [6.07, 6.45) is 1.00. The van der Waals surface area contributed by atoms with Gasteiger partial charge in [0.1, 0.15) is 6.29 Å². The van der Waals surface area contributed by atoms with Crippen LogP contribution < -0.4 is 10.6 Å². The first-order valence-corrected chi connectivity index (χ1v) is 3.74. The normalized spacial score (nSPS) is 29.5. The third-order valence-electron chi connectivity index (χ3n) is 1.92. The van der Waals surface area contributed by atoms with E-state index in [0.29, 0.717) is 6.04 Å². The average Bonchev–Trinajstić information content (AvgIpc) is 2.05. The molecule has 1 rings (SSSR count). The monoisotopic (exact) mass is 142 g/mol. The van der Waals surface area contributed by atoms with Crippen molar-refractivity contribution in [3.8, 4) is 0 Å². The van der Waals surface area contributed by atoms with Gasteiger partial charge in [0.2, 0.25) is 0 Å². The van der Waals surface area contributed by atoms with Crippen LogP contribution in [0.1, 0.15) is 6.92 Å². The molecular formula is C7H14N2O. The van der Waals surface area contributed by atoms with Crippen molar-refractivity contribution in [2.45, 2.75) is 13.0 Å². The minimum atomic E-state index is 0.132. The highest BCUT2D eigenvalue weighted by atomic mass is 16.1. The number of aldehydes is 1. The van der Waals surface area contributed by atoms with Crippen molar-refractivity contribution in [2.24, 2.45) is 5.92 Å². The number of rotatable bonds is 2. The minimum absolute atomic E-state index is 0.132. The quantitative estimate of drug-likeness (QED) is 0.505. The van der Waals surface area contributed by atoms with Crippen molar-refractivity contribution in [1.82, 2.24) is 10.6 Å². The molecule has 0 spiro atoms. The van der Waals surface area contributed by atoms with Crippen LogP contribution >= 0.6 is 0 Å². The van der Waals surface area contributed by atoms with Crippen molar-refractivity contribution in [3.05, 3.63) is 0 Å². The fraction of sp³-hybridized carbons (Fsp3) is 0.857. The lowest BCUT2D eigenvalue weighted by Crippen LogP contribution is -2.51. The molecule has 1 heterocycles. The van der Waals surface area contributed by atoms with Gasteiger partial charge < -0.3 is 15.4 Å². The number of carbonyl (C=O) groups excluding carboxylic acids is 1. The maximum atomic E-state index is 10.3. The van der Waals surface area contributed by atoms with Gasteiger partial charge in [0.25, 0.3) is 0 Å². The van der Waals surface area contributed by atoms with Crippen LogP contribution in [0.15, 0.2) is 0 Å². The number of nitrogens with one attached hydrogen (secondary N) is 2. The van der Waals surface area contributed by atoms with Gasteiger partial charge in [-0.1, -0.05) is 6.92 Å². The molecule has 0 aliphatic carbocycles. The van der Waals surface area contributed by atoms with Gasteiger partial charge in [-0.25, -0.2) is 0 Å². The van der Waals surface area contributed by atoms with Gasteiger partial charge in [-0.15, -0.1) is 0 Å². The smallest absolute Gasteiger partial charge is 0.124 e. The predicted octanol–water partition coefficient (Wildman–Crippen LogP) is -0.617. The second-order valence-electron chi connectivity index (χ2n) is 2.76. The largest absolute Gasteiger partial charge is 0.314 e. The summed E-state index contributed by atoms with van der Waals surface area (Å²) in [4.78, 5) is 10.3. The lowest BCUT2D eigenvalue weighted by molar-refractivity contribution is -0.111. The van der Waals surface area contributed by atoms with Crippen LogP contribution in [0.3, 0.4) is 0 Å². The first kappa shape index (κ1) is 7.69. The summed E-state index contributed by atoms with van der Waals surface area (Å²) in [5.41, 5.74) is 0. The Kier molecular flexibility index (Phi) is 2.83. The number of piperazine rings is 1. The van der Waals surface area contributed by atoms with E-state index in [1.807, 2.05) is 6.92 Å². The van der Waals surface area contributed by atoms with Gasteiger partial charge in [0.05, 0.1) is 0 Å². The van der Waals surface area contributed by atoms with E-state index >= 15 is 0 Å². The van der Waals surface area contributed by atoms with Crippen molar-refractivity contribution in [2.75, 3.05) is 19.6 Å². The third-order valence-corrected chi connectivity index (χ3v) is 1.92. The molecule has 0 radical (unpaired) electrons. The third kappa shape index (κ3) is 1.78. The fourth-order valence-corrected chi connectivity index (χ4v) is 1.14. The highest BCUT2D eigenvalue weighted by Gasteiger charge is 2.17. The molecule has 1 saturated heterocycles. The Bertz CT molecular complexity index is 110. The van der Waals surface area contributed by atoms with Crippen molar-refractivity contribution < 1.29 is 4.79 Å². The molecule has 0 aromatic carbocycles. The molecule has 0 bridgehead atoms. The van der Waals surface area contributed by atoms with Crippen LogP contribution in [0.2, 0.25) is 0 Å². The molecule has 3 heteroatoms. The SMILES string of the molecule is CC(C=O)C1CNCCN1. The van der Waals surface area contributed by atoms with E-state index in [0.717, 1.165) is 25.9 Å². The Hall–Kier alpha value is -0.410. The van der Waals surface area contributed by atoms with Gasteiger partial charge in [0, 0.05) is 31.6 Å². The van der Waals surface area contributed by atoms with Gasteiger partial charge in [-0.3, -0.25) is 0 Å². The van der Waals surface area contributed by atoms with Crippen molar-refractivity contribution in [1.29, 1.82) is 0 Å². The van der Waals surface area contributed by atoms with Gasteiger partial charge in [-0.05, 0) is 0 Å². The number of hydrogen-bond donors (Lipinski definition) is 2. The molecule has 1 aliphatic heterocycles. The lowest BCUT2D eigenvalue weighted by atomic mass is 10.0. The zero-order valence-electron chi connectivity index (χ0n) is 6.26. The van der Waals surface area contributed by atoms with Gasteiger partial charge >= 0.3 is 0 Å². The summed E-state index contributed by atoms with van der Waals surface area (Å²) in [6.45, 7) is 4.85. The number of carbonyl (C=O) groups is 1. The first-order chi connectivity index (χ1) is 4.84. The molecule has 58 valence electrons. The zero-order chi connectivity index (χ0) is 7.40. The van der Waals surface area contributed by atoms with E-state index in [4.69, 9.17) is 0 Å². The standard InChI is InChI=1S/C7H14N2O/c1-6(5-10)7-4-8-2-3-9-7/h5-9H,2-4H2,1H3. The van der Waals surface area contributed by atoms with E-state index in [1.54, 1.807) is 0 Å². The van der Waals surface area contributed by atoms with Gasteiger partial charge in [0.15, 0.2) is 0 Å². The topological polar surface area (TPSA) is 41.1 Å². The second kappa shape index (κ2) is 3.68. The maximum absolute atomic E-state index is 10.3. The maximum Gasteiger partial charge on any atom is 0.124 e. The Balaban J connectivity index is 2.30. The summed E-state index contributed by atoms with van der Waals surface area (Å²) in [6, 6.07) is 0.339. The molecule has 2 unspecified atom stereocenters. The van der Waals surface area contributed by atoms with E-state index in [2.05, 4.69) is 10.6 Å². The van der Waals surface area contributed by atoms with Crippen LogP contribution in [0.4, 0.5) is 0 Å².